The van der Waals surface area contributed by atoms with Crippen LogP contribution in [0, 0.1) is 5.92 Å². The molecule has 0 aliphatic heterocycles. The van der Waals surface area contributed by atoms with Gasteiger partial charge in [-0.25, -0.2) is 4.79 Å². The number of unbranched alkanes of at least 4 members (excludes halogenated alkanes) is 4. The zero-order chi connectivity index (χ0) is 20.9. The molecule has 0 aromatic heterocycles. The maximum absolute atomic E-state index is 12.7. The number of carbonyl (C=O) groups is 3. The van der Waals surface area contributed by atoms with Crippen molar-refractivity contribution in [1.29, 1.82) is 0 Å². The van der Waals surface area contributed by atoms with E-state index in [1.807, 2.05) is 30.3 Å². The van der Waals surface area contributed by atoms with Crippen molar-refractivity contribution in [2.24, 2.45) is 5.92 Å². The van der Waals surface area contributed by atoms with Gasteiger partial charge in [0, 0.05) is 12.8 Å². The Morgan fingerprint density at radius 3 is 2.18 bits per heavy atom. The Morgan fingerprint density at radius 2 is 1.61 bits per heavy atom. The van der Waals surface area contributed by atoms with Gasteiger partial charge in [-0.05, 0) is 17.9 Å². The van der Waals surface area contributed by atoms with Crippen LogP contribution in [0.25, 0.3) is 0 Å². The van der Waals surface area contributed by atoms with Gasteiger partial charge in [-0.15, -0.1) is 0 Å². The number of hydrogen-bond acceptors (Lipinski definition) is 3. The topological polar surface area (TPSA) is 95.5 Å². The molecule has 6 nitrogen and oxygen atoms in total. The molecule has 28 heavy (non-hydrogen) atoms. The van der Waals surface area contributed by atoms with Crippen LogP contribution >= 0.6 is 0 Å². The van der Waals surface area contributed by atoms with Gasteiger partial charge in [-0.1, -0.05) is 76.8 Å². The smallest absolute Gasteiger partial charge is 0.326 e. The summed E-state index contributed by atoms with van der Waals surface area (Å²) in [4.78, 5) is 36.5. The van der Waals surface area contributed by atoms with Crippen molar-refractivity contribution >= 4 is 17.8 Å². The number of amides is 2. The minimum Gasteiger partial charge on any atom is -0.480 e. The molecule has 1 aromatic carbocycles. The van der Waals surface area contributed by atoms with Gasteiger partial charge < -0.3 is 15.7 Å². The van der Waals surface area contributed by atoms with E-state index in [-0.39, 0.29) is 11.8 Å². The van der Waals surface area contributed by atoms with Crippen LogP contribution in [0.2, 0.25) is 0 Å². The van der Waals surface area contributed by atoms with Crippen molar-refractivity contribution in [3.05, 3.63) is 35.9 Å². The monoisotopic (exact) mass is 390 g/mol. The van der Waals surface area contributed by atoms with E-state index in [1.54, 1.807) is 13.8 Å². The summed E-state index contributed by atoms with van der Waals surface area (Å²) in [6.45, 7) is 5.61. The van der Waals surface area contributed by atoms with Crippen molar-refractivity contribution in [2.45, 2.75) is 77.8 Å². The molecule has 0 aliphatic carbocycles. The van der Waals surface area contributed by atoms with E-state index in [1.165, 1.54) is 0 Å². The fourth-order valence-corrected chi connectivity index (χ4v) is 2.98. The van der Waals surface area contributed by atoms with Crippen LogP contribution < -0.4 is 10.6 Å². The van der Waals surface area contributed by atoms with Gasteiger partial charge in [-0.3, -0.25) is 9.59 Å². The van der Waals surface area contributed by atoms with Gasteiger partial charge in [-0.2, -0.15) is 0 Å². The Kier molecular flexibility index (Phi) is 10.9. The third-order valence-electron chi connectivity index (χ3n) is 4.67. The van der Waals surface area contributed by atoms with Crippen LogP contribution in [0.15, 0.2) is 30.3 Å². The highest BCUT2D eigenvalue weighted by atomic mass is 16.4. The maximum atomic E-state index is 12.7. The highest BCUT2D eigenvalue weighted by molar-refractivity contribution is 5.90. The second-order valence-corrected chi connectivity index (χ2v) is 7.54. The third-order valence-corrected chi connectivity index (χ3v) is 4.67. The zero-order valence-corrected chi connectivity index (χ0v) is 17.2. The SMILES string of the molecule is CCCCCCCC(=O)N[C@@H](Cc1ccccc1)C(=O)N[C@H](C(=O)O)C(C)C. The van der Waals surface area contributed by atoms with Gasteiger partial charge in [0.15, 0.2) is 0 Å². The number of hydrogen-bond donors (Lipinski definition) is 3. The second kappa shape index (κ2) is 12.9. The van der Waals surface area contributed by atoms with Crippen molar-refractivity contribution in [2.75, 3.05) is 0 Å². The number of carbonyl (C=O) groups excluding carboxylic acids is 2. The Balaban J connectivity index is 2.74. The van der Waals surface area contributed by atoms with Crippen LogP contribution in [-0.4, -0.2) is 35.0 Å². The summed E-state index contributed by atoms with van der Waals surface area (Å²) in [5, 5.41) is 14.7. The Labute approximate surface area is 168 Å². The summed E-state index contributed by atoms with van der Waals surface area (Å²) in [5.41, 5.74) is 0.905. The number of carboxylic acids is 1. The molecule has 0 bridgehead atoms. The first kappa shape index (κ1) is 23.7. The first-order valence-corrected chi connectivity index (χ1v) is 10.2. The van der Waals surface area contributed by atoms with Crippen LogP contribution in [0.1, 0.15) is 64.9 Å². The molecule has 0 spiro atoms. The second-order valence-electron chi connectivity index (χ2n) is 7.54. The number of carboxylic acid groups (broad SMARTS) is 1. The molecule has 2 atom stereocenters. The molecular formula is C22H34N2O4. The average molecular weight is 391 g/mol. The minimum atomic E-state index is -1.08. The molecule has 6 heteroatoms. The lowest BCUT2D eigenvalue weighted by Gasteiger charge is -2.23. The van der Waals surface area contributed by atoms with Crippen LogP contribution in [0.5, 0.6) is 0 Å². The summed E-state index contributed by atoms with van der Waals surface area (Å²) in [6.07, 6.45) is 5.87. The number of rotatable bonds is 13. The lowest BCUT2D eigenvalue weighted by Crippen LogP contribution is -2.53. The number of benzene rings is 1. The molecule has 2 amide bonds. The van der Waals surface area contributed by atoms with E-state index < -0.39 is 24.0 Å². The van der Waals surface area contributed by atoms with Gasteiger partial charge >= 0.3 is 5.97 Å². The fourth-order valence-electron chi connectivity index (χ4n) is 2.98. The molecule has 3 N–H and O–H groups in total. The first-order chi connectivity index (χ1) is 13.3. The molecule has 1 aromatic rings. The summed E-state index contributed by atoms with van der Waals surface area (Å²) in [5.74, 6) is -1.98. The molecule has 156 valence electrons. The van der Waals surface area contributed by atoms with E-state index in [4.69, 9.17) is 0 Å². The van der Waals surface area contributed by atoms with E-state index in [0.717, 1.165) is 37.7 Å². The predicted octanol–water partition coefficient (Wildman–Crippen LogP) is 3.30. The highest BCUT2D eigenvalue weighted by Gasteiger charge is 2.28. The van der Waals surface area contributed by atoms with Gasteiger partial charge in [0.1, 0.15) is 12.1 Å². The van der Waals surface area contributed by atoms with Crippen molar-refractivity contribution in [3.63, 3.8) is 0 Å². The molecule has 0 aliphatic rings. The number of aliphatic carboxylic acids is 1. The third kappa shape index (κ3) is 9.02. The van der Waals surface area contributed by atoms with Gasteiger partial charge in [0.05, 0.1) is 0 Å². The Bertz CT molecular complexity index is 616. The summed E-state index contributed by atoms with van der Waals surface area (Å²) in [7, 11) is 0. The summed E-state index contributed by atoms with van der Waals surface area (Å²) in [6, 6.07) is 7.60. The molecule has 0 saturated heterocycles. The standard InChI is InChI=1S/C22H34N2O4/c1-4-5-6-7-11-14-19(25)23-18(15-17-12-9-8-10-13-17)21(26)24-20(16(2)3)22(27)28/h8-10,12-13,16,18,20H,4-7,11,14-15H2,1-3H3,(H,23,25)(H,24,26)(H,27,28)/t18-,20-/m0/s1. The molecule has 0 fully saturated rings. The highest BCUT2D eigenvalue weighted by Crippen LogP contribution is 2.08. The first-order valence-electron chi connectivity index (χ1n) is 10.2. The Hall–Kier alpha value is -2.37. The zero-order valence-electron chi connectivity index (χ0n) is 17.2. The molecule has 0 unspecified atom stereocenters. The molecule has 0 heterocycles. The number of nitrogens with one attached hydrogen (secondary N) is 2. The van der Waals surface area contributed by atoms with E-state index in [0.29, 0.717) is 12.8 Å². The van der Waals surface area contributed by atoms with Crippen LogP contribution in [0.4, 0.5) is 0 Å². The minimum absolute atomic E-state index is 0.177. The fraction of sp³-hybridized carbons (Fsp3) is 0.591. The summed E-state index contributed by atoms with van der Waals surface area (Å²) >= 11 is 0. The van der Waals surface area contributed by atoms with Crippen molar-refractivity contribution in [1.82, 2.24) is 10.6 Å². The maximum Gasteiger partial charge on any atom is 0.326 e. The average Bonchev–Trinajstić information content (AvgIpc) is 2.65. The Morgan fingerprint density at radius 1 is 0.964 bits per heavy atom. The van der Waals surface area contributed by atoms with Crippen molar-refractivity contribution < 1.29 is 19.5 Å². The summed E-state index contributed by atoms with van der Waals surface area (Å²) < 4.78 is 0. The predicted molar refractivity (Wildman–Crippen MR) is 110 cm³/mol. The van der Waals surface area contributed by atoms with Gasteiger partial charge in [0.2, 0.25) is 11.8 Å². The van der Waals surface area contributed by atoms with Crippen molar-refractivity contribution in [3.8, 4) is 0 Å². The van der Waals surface area contributed by atoms with E-state index >= 15 is 0 Å². The molecule has 0 saturated carbocycles. The molecule has 1 rings (SSSR count). The lowest BCUT2D eigenvalue weighted by molar-refractivity contribution is -0.143. The van der Waals surface area contributed by atoms with Gasteiger partial charge in [0.25, 0.3) is 0 Å². The van der Waals surface area contributed by atoms with Crippen LogP contribution in [0.3, 0.4) is 0 Å². The largest absolute Gasteiger partial charge is 0.480 e. The molecule has 0 radical (unpaired) electrons. The lowest BCUT2D eigenvalue weighted by atomic mass is 10.0. The normalized spacial score (nSPS) is 13.0. The molecular weight excluding hydrogens is 356 g/mol. The quantitative estimate of drug-likeness (QED) is 0.450. The van der Waals surface area contributed by atoms with E-state index in [9.17, 15) is 19.5 Å². The van der Waals surface area contributed by atoms with E-state index in [2.05, 4.69) is 17.6 Å². The van der Waals surface area contributed by atoms with Crippen LogP contribution in [-0.2, 0) is 20.8 Å².